The topological polar surface area (TPSA) is 49.4 Å². The summed E-state index contributed by atoms with van der Waals surface area (Å²) in [6.45, 7) is 9.09. The molecular formula is C17H25ClN2O2. The molecule has 1 aromatic rings. The Morgan fingerprint density at radius 1 is 1.23 bits per heavy atom. The lowest BCUT2D eigenvalue weighted by atomic mass is 9.95. The molecule has 122 valence electrons. The van der Waals surface area contributed by atoms with Gasteiger partial charge in [0.1, 0.15) is 6.04 Å². The van der Waals surface area contributed by atoms with Crippen molar-refractivity contribution in [3.05, 3.63) is 34.9 Å². The van der Waals surface area contributed by atoms with Gasteiger partial charge in [-0.3, -0.25) is 9.59 Å². The molecule has 1 aromatic carbocycles. The zero-order valence-corrected chi connectivity index (χ0v) is 14.9. The molecule has 0 spiro atoms. The minimum absolute atomic E-state index is 0.125. The zero-order chi connectivity index (χ0) is 17.1. The molecule has 1 rings (SSSR count). The molecule has 0 heterocycles. The van der Waals surface area contributed by atoms with Gasteiger partial charge in [-0.25, -0.2) is 0 Å². The summed E-state index contributed by atoms with van der Waals surface area (Å²) in [7, 11) is 1.73. The van der Waals surface area contributed by atoms with Crippen molar-refractivity contribution in [3.63, 3.8) is 0 Å². The van der Waals surface area contributed by atoms with Gasteiger partial charge in [0.05, 0.1) is 6.04 Å². The summed E-state index contributed by atoms with van der Waals surface area (Å²) in [4.78, 5) is 26.1. The lowest BCUT2D eigenvalue weighted by Gasteiger charge is -2.29. The monoisotopic (exact) mass is 324 g/mol. The molecular weight excluding hydrogens is 300 g/mol. The highest BCUT2D eigenvalue weighted by Crippen LogP contribution is 2.22. The van der Waals surface area contributed by atoms with Gasteiger partial charge in [0.15, 0.2) is 0 Å². The molecule has 2 amide bonds. The Morgan fingerprint density at radius 3 is 2.32 bits per heavy atom. The Kier molecular flexibility index (Phi) is 6.00. The second-order valence-electron chi connectivity index (χ2n) is 6.63. The SMILES string of the molecule is CC(NC(=O)C(C)(C)C)C(=O)N(C)C(C)c1cccc(Cl)c1. The largest absolute Gasteiger partial charge is 0.344 e. The van der Waals surface area contributed by atoms with E-state index < -0.39 is 11.5 Å². The average molecular weight is 325 g/mol. The van der Waals surface area contributed by atoms with Crippen LogP contribution >= 0.6 is 11.6 Å². The molecule has 1 N–H and O–H groups in total. The van der Waals surface area contributed by atoms with Gasteiger partial charge in [-0.1, -0.05) is 44.5 Å². The minimum Gasteiger partial charge on any atom is -0.344 e. The second-order valence-corrected chi connectivity index (χ2v) is 7.06. The maximum atomic E-state index is 12.5. The first-order valence-corrected chi connectivity index (χ1v) is 7.75. The summed E-state index contributed by atoms with van der Waals surface area (Å²) < 4.78 is 0. The molecule has 2 atom stereocenters. The van der Waals surface area contributed by atoms with Crippen LogP contribution in [0.5, 0.6) is 0 Å². The van der Waals surface area contributed by atoms with Crippen LogP contribution in [0.15, 0.2) is 24.3 Å². The fourth-order valence-corrected chi connectivity index (χ4v) is 2.16. The molecule has 2 unspecified atom stereocenters. The number of nitrogens with one attached hydrogen (secondary N) is 1. The lowest BCUT2D eigenvalue weighted by molar-refractivity contribution is -0.138. The number of carbonyl (C=O) groups is 2. The quantitative estimate of drug-likeness (QED) is 0.922. The summed E-state index contributed by atoms with van der Waals surface area (Å²) in [5, 5.41) is 3.40. The van der Waals surface area contributed by atoms with E-state index in [4.69, 9.17) is 11.6 Å². The van der Waals surface area contributed by atoms with Gasteiger partial charge in [0.2, 0.25) is 11.8 Å². The van der Waals surface area contributed by atoms with E-state index in [1.807, 2.05) is 45.9 Å². The molecule has 0 fully saturated rings. The van der Waals surface area contributed by atoms with Crippen LogP contribution in [0, 0.1) is 5.41 Å². The molecule has 0 aliphatic heterocycles. The van der Waals surface area contributed by atoms with Gasteiger partial charge in [-0.2, -0.15) is 0 Å². The summed E-state index contributed by atoms with van der Waals surface area (Å²) in [5.41, 5.74) is 0.434. The first kappa shape index (κ1) is 18.5. The highest BCUT2D eigenvalue weighted by molar-refractivity contribution is 6.30. The van der Waals surface area contributed by atoms with Crippen LogP contribution in [0.1, 0.15) is 46.2 Å². The third-order valence-corrected chi connectivity index (χ3v) is 3.89. The van der Waals surface area contributed by atoms with E-state index in [1.165, 1.54) is 0 Å². The predicted molar refractivity (Wildman–Crippen MR) is 89.7 cm³/mol. The molecule has 0 saturated heterocycles. The summed E-state index contributed by atoms with van der Waals surface area (Å²) in [5.74, 6) is -0.276. The number of amides is 2. The normalized spacial score (nSPS) is 14.1. The van der Waals surface area contributed by atoms with Gasteiger partial charge >= 0.3 is 0 Å². The number of benzene rings is 1. The van der Waals surface area contributed by atoms with E-state index in [9.17, 15) is 9.59 Å². The number of halogens is 1. The second kappa shape index (κ2) is 7.14. The smallest absolute Gasteiger partial charge is 0.245 e. The van der Waals surface area contributed by atoms with Gasteiger partial charge in [-0.05, 0) is 31.5 Å². The van der Waals surface area contributed by atoms with Gasteiger partial charge in [-0.15, -0.1) is 0 Å². The van der Waals surface area contributed by atoms with Crippen molar-refractivity contribution in [3.8, 4) is 0 Å². The van der Waals surface area contributed by atoms with E-state index >= 15 is 0 Å². The Bertz CT molecular complexity index is 552. The van der Waals surface area contributed by atoms with Crippen LogP contribution in [-0.4, -0.2) is 29.8 Å². The number of hydrogen-bond acceptors (Lipinski definition) is 2. The highest BCUT2D eigenvalue weighted by atomic mass is 35.5. The summed E-state index contributed by atoms with van der Waals surface area (Å²) in [6, 6.07) is 6.73. The molecule has 0 aromatic heterocycles. The zero-order valence-electron chi connectivity index (χ0n) is 14.1. The Hall–Kier alpha value is -1.55. The summed E-state index contributed by atoms with van der Waals surface area (Å²) >= 11 is 5.99. The molecule has 0 bridgehead atoms. The van der Waals surface area contributed by atoms with Crippen molar-refractivity contribution < 1.29 is 9.59 Å². The van der Waals surface area contributed by atoms with Gasteiger partial charge in [0, 0.05) is 17.5 Å². The van der Waals surface area contributed by atoms with E-state index in [-0.39, 0.29) is 17.9 Å². The fourth-order valence-electron chi connectivity index (χ4n) is 1.96. The van der Waals surface area contributed by atoms with E-state index in [0.717, 1.165) is 5.56 Å². The molecule has 0 aliphatic carbocycles. The van der Waals surface area contributed by atoms with E-state index in [1.54, 1.807) is 24.9 Å². The number of rotatable bonds is 4. The van der Waals surface area contributed by atoms with Crippen molar-refractivity contribution in [2.24, 2.45) is 5.41 Å². The standard InChI is InChI=1S/C17H25ClN2O2/c1-11(19-16(22)17(3,4)5)15(21)20(6)12(2)13-8-7-9-14(18)10-13/h7-12H,1-6H3,(H,19,22). The molecule has 22 heavy (non-hydrogen) atoms. The minimum atomic E-state index is -0.571. The average Bonchev–Trinajstić information content (AvgIpc) is 2.43. The fraction of sp³-hybridized carbons (Fsp3) is 0.529. The predicted octanol–water partition coefficient (Wildman–Crippen LogP) is 3.41. The van der Waals surface area contributed by atoms with E-state index in [2.05, 4.69) is 5.32 Å². The van der Waals surface area contributed by atoms with Crippen LogP contribution in [0.3, 0.4) is 0 Å². The molecule has 5 heteroatoms. The lowest BCUT2D eigenvalue weighted by Crippen LogP contribution is -2.49. The van der Waals surface area contributed by atoms with Crippen LogP contribution in [0.25, 0.3) is 0 Å². The van der Waals surface area contributed by atoms with Crippen LogP contribution in [0.2, 0.25) is 5.02 Å². The van der Waals surface area contributed by atoms with Gasteiger partial charge in [0.25, 0.3) is 0 Å². The number of likely N-dealkylation sites (N-methyl/N-ethyl adjacent to an activating group) is 1. The van der Waals surface area contributed by atoms with Crippen molar-refractivity contribution in [2.45, 2.75) is 46.7 Å². The Balaban J connectivity index is 2.77. The van der Waals surface area contributed by atoms with Crippen molar-refractivity contribution in [2.75, 3.05) is 7.05 Å². The first-order valence-electron chi connectivity index (χ1n) is 7.37. The number of hydrogen-bond donors (Lipinski definition) is 1. The Morgan fingerprint density at radius 2 is 1.82 bits per heavy atom. The molecule has 0 radical (unpaired) electrons. The van der Waals surface area contributed by atoms with Crippen molar-refractivity contribution in [1.82, 2.24) is 10.2 Å². The first-order chi connectivity index (χ1) is 10.0. The molecule has 4 nitrogen and oxygen atoms in total. The maximum absolute atomic E-state index is 12.5. The highest BCUT2D eigenvalue weighted by Gasteiger charge is 2.28. The van der Waals surface area contributed by atoms with E-state index in [0.29, 0.717) is 5.02 Å². The maximum Gasteiger partial charge on any atom is 0.245 e. The Labute approximate surface area is 137 Å². The van der Waals surface area contributed by atoms with Crippen molar-refractivity contribution in [1.29, 1.82) is 0 Å². The van der Waals surface area contributed by atoms with Crippen molar-refractivity contribution >= 4 is 23.4 Å². The summed E-state index contributed by atoms with van der Waals surface area (Å²) in [6.07, 6.45) is 0. The number of nitrogens with zero attached hydrogens (tertiary/aromatic N) is 1. The van der Waals surface area contributed by atoms with Gasteiger partial charge < -0.3 is 10.2 Å². The van der Waals surface area contributed by atoms with Crippen LogP contribution in [-0.2, 0) is 9.59 Å². The molecule has 0 saturated carbocycles. The van der Waals surface area contributed by atoms with Crippen LogP contribution in [0.4, 0.5) is 0 Å². The number of carbonyl (C=O) groups excluding carboxylic acids is 2. The third-order valence-electron chi connectivity index (χ3n) is 3.66. The third kappa shape index (κ3) is 4.73. The molecule has 0 aliphatic rings. The van der Waals surface area contributed by atoms with Crippen LogP contribution < -0.4 is 5.32 Å².